The van der Waals surface area contributed by atoms with Gasteiger partial charge in [0, 0.05) is 0 Å². The molecular formula is C35H44N6O2+2. The second-order valence-electron chi connectivity index (χ2n) is 12.0. The number of unbranched alkanes of at least 4 members (excludes halogenated alkanes) is 2. The van der Waals surface area contributed by atoms with E-state index in [1.54, 1.807) is 0 Å². The molecule has 0 saturated carbocycles. The molecular weight excluding hydrogens is 536 g/mol. The Morgan fingerprint density at radius 1 is 0.674 bits per heavy atom. The molecule has 4 heterocycles. The van der Waals surface area contributed by atoms with Crippen LogP contribution in [0.3, 0.4) is 0 Å². The molecule has 4 aromatic rings. The number of hydrogen-bond acceptors (Lipinski definition) is 4. The lowest BCUT2D eigenvalue weighted by molar-refractivity contribution is -0.671. The lowest BCUT2D eigenvalue weighted by atomic mass is 9.77. The summed E-state index contributed by atoms with van der Waals surface area (Å²) in [6, 6.07) is 21.0. The normalized spacial score (nSPS) is 18.3. The largest absolute Gasteiger partial charge is 0.478 e. The Bertz CT molecular complexity index is 1410. The monoisotopic (exact) mass is 580 g/mol. The molecule has 6 rings (SSSR count). The number of nitrogens with zero attached hydrogens (tertiary/aromatic N) is 6. The first-order valence-electron chi connectivity index (χ1n) is 15.6. The van der Waals surface area contributed by atoms with Crippen LogP contribution in [0.25, 0.3) is 0 Å². The predicted octanol–water partition coefficient (Wildman–Crippen LogP) is 5.31. The fourth-order valence-electron chi connectivity index (χ4n) is 6.32. The second-order valence-corrected chi connectivity index (χ2v) is 12.0. The van der Waals surface area contributed by atoms with Crippen molar-refractivity contribution in [2.24, 2.45) is 29.5 Å². The first-order chi connectivity index (χ1) is 21.1. The fourth-order valence-corrected chi connectivity index (χ4v) is 6.32. The topological polar surface area (TPSA) is 60.8 Å². The molecule has 2 atom stereocenters. The van der Waals surface area contributed by atoms with Gasteiger partial charge in [-0.1, -0.05) is 60.7 Å². The maximum atomic E-state index is 6.55. The summed E-state index contributed by atoms with van der Waals surface area (Å²) in [6.07, 6.45) is 18.7. The third kappa shape index (κ3) is 6.90. The van der Waals surface area contributed by atoms with Crippen LogP contribution in [-0.4, -0.2) is 34.1 Å². The van der Waals surface area contributed by atoms with E-state index in [9.17, 15) is 0 Å². The smallest absolute Gasteiger partial charge is 0.243 e. The van der Waals surface area contributed by atoms with E-state index in [0.29, 0.717) is 13.2 Å². The van der Waals surface area contributed by atoms with Gasteiger partial charge in [0.25, 0.3) is 0 Å². The van der Waals surface area contributed by atoms with Crippen LogP contribution < -0.4 is 9.13 Å². The lowest BCUT2D eigenvalue weighted by Crippen LogP contribution is -2.40. The van der Waals surface area contributed by atoms with Crippen molar-refractivity contribution in [2.45, 2.75) is 63.7 Å². The van der Waals surface area contributed by atoms with Crippen LogP contribution in [0, 0.1) is 5.41 Å². The number of aromatic nitrogens is 4. The van der Waals surface area contributed by atoms with Crippen molar-refractivity contribution in [1.29, 1.82) is 0 Å². The van der Waals surface area contributed by atoms with E-state index in [1.807, 2.05) is 0 Å². The summed E-state index contributed by atoms with van der Waals surface area (Å²) in [6.45, 7) is 3.05. The highest BCUT2D eigenvalue weighted by Crippen LogP contribution is 2.43. The third-order valence-electron chi connectivity index (χ3n) is 8.68. The Hall–Kier alpha value is -4.20. The molecule has 224 valence electrons. The highest BCUT2D eigenvalue weighted by molar-refractivity contribution is 6.06. The number of ether oxygens (including phenoxy) is 2. The molecule has 0 saturated heterocycles. The Labute approximate surface area is 255 Å². The van der Waals surface area contributed by atoms with Crippen LogP contribution >= 0.6 is 0 Å². The first kappa shape index (κ1) is 28.9. The molecule has 2 aliphatic rings. The summed E-state index contributed by atoms with van der Waals surface area (Å²) in [5.41, 5.74) is 1.88. The van der Waals surface area contributed by atoms with Crippen molar-refractivity contribution in [3.8, 4) is 0 Å². The van der Waals surface area contributed by atoms with E-state index in [4.69, 9.17) is 19.5 Å². The first-order valence-corrected chi connectivity index (χ1v) is 15.6. The number of rotatable bonds is 14. The van der Waals surface area contributed by atoms with Gasteiger partial charge in [-0.2, -0.15) is 0 Å². The molecule has 0 spiro atoms. The van der Waals surface area contributed by atoms with E-state index in [0.717, 1.165) is 63.4 Å². The van der Waals surface area contributed by atoms with Crippen molar-refractivity contribution in [1.82, 2.24) is 9.13 Å². The van der Waals surface area contributed by atoms with E-state index in [2.05, 4.69) is 130 Å². The van der Waals surface area contributed by atoms with Gasteiger partial charge in [-0.05, 0) is 49.7 Å². The predicted molar refractivity (Wildman–Crippen MR) is 166 cm³/mol. The van der Waals surface area contributed by atoms with Crippen molar-refractivity contribution >= 4 is 11.8 Å². The van der Waals surface area contributed by atoms with Gasteiger partial charge in [0.15, 0.2) is 11.8 Å². The molecule has 43 heavy (non-hydrogen) atoms. The minimum absolute atomic E-state index is 0.0118. The Morgan fingerprint density at radius 2 is 1.12 bits per heavy atom. The van der Waals surface area contributed by atoms with Crippen LogP contribution in [-0.2, 0) is 36.7 Å². The summed E-state index contributed by atoms with van der Waals surface area (Å²) >= 11 is 0. The number of imidazole rings is 2. The summed E-state index contributed by atoms with van der Waals surface area (Å²) in [5, 5.41) is 0. The van der Waals surface area contributed by atoms with E-state index >= 15 is 0 Å². The number of benzene rings is 2. The Balaban J connectivity index is 1.28. The average Bonchev–Trinajstić information content (AvgIpc) is 3.86. The van der Waals surface area contributed by atoms with Crippen LogP contribution in [0.4, 0.5) is 0 Å². The van der Waals surface area contributed by atoms with Crippen molar-refractivity contribution in [3.05, 3.63) is 109 Å². The molecule has 8 nitrogen and oxygen atoms in total. The number of aliphatic imine (C=N–C) groups is 2. The minimum Gasteiger partial charge on any atom is -0.478 e. The molecule has 0 unspecified atom stereocenters. The molecule has 0 radical (unpaired) electrons. The van der Waals surface area contributed by atoms with Crippen LogP contribution in [0.2, 0.25) is 0 Å². The average molecular weight is 581 g/mol. The number of hydrogen-bond donors (Lipinski definition) is 0. The van der Waals surface area contributed by atoms with Crippen LogP contribution in [0.1, 0.15) is 61.7 Å². The maximum absolute atomic E-state index is 6.55. The highest BCUT2D eigenvalue weighted by Gasteiger charge is 2.48. The van der Waals surface area contributed by atoms with Crippen LogP contribution in [0.15, 0.2) is 108 Å². The summed E-state index contributed by atoms with van der Waals surface area (Å²) in [4.78, 5) is 10.5. The molecule has 2 aliphatic heterocycles. The molecule has 0 amide bonds. The van der Waals surface area contributed by atoms with Gasteiger partial charge in [-0.3, -0.25) is 0 Å². The summed E-state index contributed by atoms with van der Waals surface area (Å²) < 4.78 is 21.8. The zero-order valence-corrected chi connectivity index (χ0v) is 25.5. The molecule has 8 heteroatoms. The lowest BCUT2D eigenvalue weighted by Gasteiger charge is -2.32. The third-order valence-corrected chi connectivity index (χ3v) is 8.68. The van der Waals surface area contributed by atoms with Gasteiger partial charge in [0.2, 0.25) is 12.7 Å². The van der Waals surface area contributed by atoms with Crippen molar-refractivity contribution in [3.63, 3.8) is 0 Å². The molecule has 0 bridgehead atoms. The maximum Gasteiger partial charge on any atom is 0.243 e. The van der Waals surface area contributed by atoms with Gasteiger partial charge in [0.1, 0.15) is 55.5 Å². The Kier molecular flexibility index (Phi) is 9.01. The second kappa shape index (κ2) is 13.4. The van der Waals surface area contributed by atoms with Crippen molar-refractivity contribution < 1.29 is 18.6 Å². The molecule has 0 N–H and O–H groups in total. The van der Waals surface area contributed by atoms with Gasteiger partial charge in [-0.15, -0.1) is 0 Å². The molecule has 2 aromatic heterocycles. The van der Waals surface area contributed by atoms with Crippen LogP contribution in [0.5, 0.6) is 0 Å². The highest BCUT2D eigenvalue weighted by atomic mass is 16.5. The Morgan fingerprint density at radius 3 is 1.51 bits per heavy atom. The molecule has 0 fully saturated rings. The SMILES string of the molecule is C[n+]1ccn(CCCCC(CCCCn2cc[n+](C)c2)(C2=N[C@H](c3ccccc3)CO2)C2=N[C@H](c3ccccc3)CO2)c1. The zero-order chi connectivity index (χ0) is 29.5. The summed E-state index contributed by atoms with van der Waals surface area (Å²) in [7, 11) is 4.12. The molecule has 2 aromatic carbocycles. The fraction of sp³-hybridized carbons (Fsp3) is 0.429. The van der Waals surface area contributed by atoms with E-state index < -0.39 is 5.41 Å². The van der Waals surface area contributed by atoms with Crippen molar-refractivity contribution in [2.75, 3.05) is 13.2 Å². The van der Waals surface area contributed by atoms with E-state index in [-0.39, 0.29) is 12.1 Å². The zero-order valence-electron chi connectivity index (χ0n) is 25.5. The van der Waals surface area contributed by atoms with Gasteiger partial charge in [0.05, 0.1) is 27.2 Å². The molecule has 0 aliphatic carbocycles. The minimum atomic E-state index is -0.490. The van der Waals surface area contributed by atoms with Gasteiger partial charge < -0.3 is 9.47 Å². The summed E-state index contributed by atoms with van der Waals surface area (Å²) in [5.74, 6) is 1.60. The van der Waals surface area contributed by atoms with Gasteiger partial charge in [-0.25, -0.2) is 28.3 Å². The quantitative estimate of drug-likeness (QED) is 0.150. The standard InChI is InChI=1S/C35H44N6O2/c1-38-21-23-40(27-38)19-11-9-17-35(18-10-12-20-41-24-22-39(2)28-41,33-36-31(25-42-33)29-13-5-3-6-14-29)34-37-32(26-43-34)30-15-7-4-8-16-30/h3-8,13-16,21-24,27-28,31-32H,9-12,17-20,25-26H2,1-2H3/q+2/t31-,32-/m0/s1. The van der Waals surface area contributed by atoms with E-state index in [1.165, 1.54) is 11.1 Å². The number of aryl methyl sites for hydroxylation is 4. The van der Waals surface area contributed by atoms with Gasteiger partial charge >= 0.3 is 0 Å².